The number of hydrogen-bond donors (Lipinski definition) is 1. The SMILES string of the molecule is Cc1sc(-c2ccccc2)nc1C(=O)NC1CCC(CCc2ccccc2)(N(C)C)CC1. The van der Waals surface area contributed by atoms with E-state index >= 15 is 0 Å². The van der Waals surface area contributed by atoms with E-state index in [1.54, 1.807) is 11.3 Å². The summed E-state index contributed by atoms with van der Waals surface area (Å²) in [4.78, 5) is 21.1. The Labute approximate surface area is 195 Å². The molecule has 1 fully saturated rings. The molecule has 2 aromatic carbocycles. The van der Waals surface area contributed by atoms with Crippen LogP contribution in [-0.2, 0) is 6.42 Å². The van der Waals surface area contributed by atoms with Crippen LogP contribution in [0.25, 0.3) is 10.6 Å². The van der Waals surface area contributed by atoms with Crippen LogP contribution in [0.4, 0.5) is 0 Å². The molecule has 32 heavy (non-hydrogen) atoms. The fraction of sp³-hybridized carbons (Fsp3) is 0.407. The first-order valence-corrected chi connectivity index (χ1v) is 12.3. The maximum absolute atomic E-state index is 13.0. The van der Waals surface area contributed by atoms with E-state index in [1.165, 1.54) is 5.56 Å². The molecule has 168 valence electrons. The Morgan fingerprint density at radius 1 is 1.06 bits per heavy atom. The second-order valence-electron chi connectivity index (χ2n) is 9.14. The normalized spacial score (nSPS) is 20.9. The lowest BCUT2D eigenvalue weighted by atomic mass is 9.75. The molecule has 0 spiro atoms. The molecule has 0 radical (unpaired) electrons. The first-order valence-electron chi connectivity index (χ1n) is 11.5. The lowest BCUT2D eigenvalue weighted by Crippen LogP contribution is -2.51. The Bertz CT molecular complexity index is 1020. The molecule has 1 N–H and O–H groups in total. The Balaban J connectivity index is 1.36. The molecule has 0 unspecified atom stereocenters. The zero-order chi connectivity index (χ0) is 22.6. The van der Waals surface area contributed by atoms with Crippen molar-refractivity contribution >= 4 is 17.2 Å². The van der Waals surface area contributed by atoms with Crippen molar-refractivity contribution in [1.29, 1.82) is 0 Å². The van der Waals surface area contributed by atoms with Crippen LogP contribution in [0.15, 0.2) is 60.7 Å². The molecule has 0 saturated heterocycles. The molecular formula is C27H33N3OS. The van der Waals surface area contributed by atoms with Crippen molar-refractivity contribution in [2.75, 3.05) is 14.1 Å². The van der Waals surface area contributed by atoms with Gasteiger partial charge in [-0.05, 0) is 65.1 Å². The summed E-state index contributed by atoms with van der Waals surface area (Å²) in [5, 5.41) is 4.18. The number of nitrogens with zero attached hydrogens (tertiary/aromatic N) is 2. The van der Waals surface area contributed by atoms with Gasteiger partial charge in [0.15, 0.2) is 0 Å². The summed E-state index contributed by atoms with van der Waals surface area (Å²) in [5.74, 6) is -0.0347. The number of rotatable bonds is 7. The van der Waals surface area contributed by atoms with Gasteiger partial charge in [0.2, 0.25) is 0 Å². The van der Waals surface area contributed by atoms with Gasteiger partial charge in [-0.1, -0.05) is 60.7 Å². The first kappa shape index (κ1) is 22.7. The van der Waals surface area contributed by atoms with Crippen molar-refractivity contribution < 1.29 is 4.79 Å². The maximum Gasteiger partial charge on any atom is 0.271 e. The third-order valence-corrected chi connectivity index (χ3v) is 7.97. The van der Waals surface area contributed by atoms with Crippen LogP contribution < -0.4 is 5.32 Å². The molecule has 1 aliphatic rings. The van der Waals surface area contributed by atoms with Crippen LogP contribution in [0.1, 0.15) is 53.0 Å². The van der Waals surface area contributed by atoms with Crippen molar-refractivity contribution in [3.8, 4) is 10.6 Å². The number of hydrogen-bond acceptors (Lipinski definition) is 4. The van der Waals surface area contributed by atoms with Crippen LogP contribution in [0.5, 0.6) is 0 Å². The number of aryl methyl sites for hydroxylation is 2. The van der Waals surface area contributed by atoms with E-state index in [0.717, 1.165) is 54.0 Å². The molecule has 1 saturated carbocycles. The van der Waals surface area contributed by atoms with Crippen LogP contribution in [0, 0.1) is 6.92 Å². The zero-order valence-electron chi connectivity index (χ0n) is 19.3. The molecule has 1 amide bonds. The smallest absolute Gasteiger partial charge is 0.271 e. The molecule has 0 bridgehead atoms. The van der Waals surface area contributed by atoms with Crippen LogP contribution in [0.3, 0.4) is 0 Å². The molecule has 1 heterocycles. The number of aromatic nitrogens is 1. The van der Waals surface area contributed by atoms with Gasteiger partial charge in [-0.25, -0.2) is 4.98 Å². The van der Waals surface area contributed by atoms with E-state index in [9.17, 15) is 4.79 Å². The van der Waals surface area contributed by atoms with Gasteiger partial charge in [0, 0.05) is 22.0 Å². The predicted molar refractivity (Wildman–Crippen MR) is 133 cm³/mol. The van der Waals surface area contributed by atoms with Gasteiger partial charge in [0.1, 0.15) is 10.7 Å². The second kappa shape index (κ2) is 9.97. The van der Waals surface area contributed by atoms with Gasteiger partial charge in [0.25, 0.3) is 5.91 Å². The zero-order valence-corrected chi connectivity index (χ0v) is 20.1. The average molecular weight is 448 g/mol. The van der Waals surface area contributed by atoms with Gasteiger partial charge in [0.05, 0.1) is 0 Å². The number of benzene rings is 2. The molecule has 3 aromatic rings. The molecule has 0 atom stereocenters. The summed E-state index contributed by atoms with van der Waals surface area (Å²) in [7, 11) is 4.40. The molecular weight excluding hydrogens is 414 g/mol. The summed E-state index contributed by atoms with van der Waals surface area (Å²) in [5.41, 5.74) is 3.24. The lowest BCUT2D eigenvalue weighted by Gasteiger charge is -2.45. The Morgan fingerprint density at radius 2 is 1.69 bits per heavy atom. The number of amides is 1. The van der Waals surface area contributed by atoms with Crippen LogP contribution in [0.2, 0.25) is 0 Å². The summed E-state index contributed by atoms with van der Waals surface area (Å²) < 4.78 is 0. The molecule has 1 aliphatic carbocycles. The molecule has 5 heteroatoms. The minimum absolute atomic E-state index is 0.0347. The highest BCUT2D eigenvalue weighted by Crippen LogP contribution is 2.36. The van der Waals surface area contributed by atoms with Crippen molar-refractivity contribution in [2.45, 2.75) is 57.0 Å². The van der Waals surface area contributed by atoms with Crippen LogP contribution in [-0.4, -0.2) is 41.5 Å². The highest BCUT2D eigenvalue weighted by atomic mass is 32.1. The monoisotopic (exact) mass is 447 g/mol. The van der Waals surface area contributed by atoms with Crippen LogP contribution >= 0.6 is 11.3 Å². The van der Waals surface area contributed by atoms with Crippen molar-refractivity contribution in [2.24, 2.45) is 0 Å². The van der Waals surface area contributed by atoms with E-state index in [4.69, 9.17) is 0 Å². The lowest BCUT2D eigenvalue weighted by molar-refractivity contribution is 0.0715. The Hall–Kier alpha value is -2.50. The fourth-order valence-corrected chi connectivity index (χ4v) is 5.72. The number of nitrogens with one attached hydrogen (secondary N) is 1. The largest absolute Gasteiger partial charge is 0.348 e. The minimum atomic E-state index is -0.0347. The fourth-order valence-electron chi connectivity index (χ4n) is 4.81. The molecule has 1 aromatic heterocycles. The van der Waals surface area contributed by atoms with E-state index < -0.39 is 0 Å². The Morgan fingerprint density at radius 3 is 2.31 bits per heavy atom. The Kier molecular flexibility index (Phi) is 7.07. The predicted octanol–water partition coefficient (Wildman–Crippen LogP) is 5.72. The van der Waals surface area contributed by atoms with E-state index in [-0.39, 0.29) is 17.5 Å². The van der Waals surface area contributed by atoms with Gasteiger partial charge in [-0.2, -0.15) is 0 Å². The number of thiazole rings is 1. The highest BCUT2D eigenvalue weighted by Gasteiger charge is 2.37. The quantitative estimate of drug-likeness (QED) is 0.503. The standard InChI is InChI=1S/C27H33N3OS/c1-20-24(29-26(32-20)22-12-8-5-9-13-22)25(31)28-23-15-18-27(19-16-23,30(2)3)17-14-21-10-6-4-7-11-21/h4-13,23H,14-19H2,1-3H3,(H,28,31). The summed E-state index contributed by atoms with van der Waals surface area (Å²) in [6, 6.07) is 21.0. The second-order valence-corrected chi connectivity index (χ2v) is 10.3. The van der Waals surface area contributed by atoms with Crippen molar-refractivity contribution in [1.82, 2.24) is 15.2 Å². The van der Waals surface area contributed by atoms with Gasteiger partial charge >= 0.3 is 0 Å². The summed E-state index contributed by atoms with van der Waals surface area (Å²) in [6.07, 6.45) is 6.46. The van der Waals surface area contributed by atoms with E-state index in [2.05, 4.69) is 59.6 Å². The van der Waals surface area contributed by atoms with Gasteiger partial charge < -0.3 is 10.2 Å². The number of carbonyl (C=O) groups is 1. The molecule has 4 nitrogen and oxygen atoms in total. The van der Waals surface area contributed by atoms with E-state index in [1.807, 2.05) is 37.3 Å². The average Bonchev–Trinajstić information content (AvgIpc) is 3.22. The van der Waals surface area contributed by atoms with E-state index in [0.29, 0.717) is 5.69 Å². The van der Waals surface area contributed by atoms with Crippen molar-refractivity contribution in [3.63, 3.8) is 0 Å². The first-order chi connectivity index (χ1) is 15.5. The summed E-state index contributed by atoms with van der Waals surface area (Å²) >= 11 is 1.59. The minimum Gasteiger partial charge on any atom is -0.348 e. The highest BCUT2D eigenvalue weighted by molar-refractivity contribution is 7.15. The third-order valence-electron chi connectivity index (χ3n) is 6.95. The maximum atomic E-state index is 13.0. The number of carbonyl (C=O) groups excluding carboxylic acids is 1. The molecule has 0 aliphatic heterocycles. The van der Waals surface area contributed by atoms with Gasteiger partial charge in [-0.15, -0.1) is 11.3 Å². The van der Waals surface area contributed by atoms with Crippen molar-refractivity contribution in [3.05, 3.63) is 76.8 Å². The van der Waals surface area contributed by atoms with Gasteiger partial charge in [-0.3, -0.25) is 4.79 Å². The topological polar surface area (TPSA) is 45.2 Å². The molecule has 4 rings (SSSR count). The summed E-state index contributed by atoms with van der Waals surface area (Å²) in [6.45, 7) is 1.99. The third kappa shape index (κ3) is 5.11.